The smallest absolute Gasteiger partial charge is 0.227 e. The Morgan fingerprint density at radius 1 is 0.933 bits per heavy atom. The topological polar surface area (TPSA) is 51.5 Å². The summed E-state index contributed by atoms with van der Waals surface area (Å²) >= 11 is 10.2. The van der Waals surface area contributed by atoms with Crippen molar-refractivity contribution < 1.29 is 27.2 Å². The molecule has 0 aromatic heterocycles. The molecule has 0 aliphatic carbocycles. The zero-order valence-corrected chi connectivity index (χ0v) is 20.8. The Morgan fingerprint density at radius 3 is 1.90 bits per heavy atom. The van der Waals surface area contributed by atoms with Gasteiger partial charge in [0.05, 0.1) is 17.8 Å². The van der Waals surface area contributed by atoms with Crippen LogP contribution in [0.4, 0.5) is 17.1 Å². The molecule has 1 amide bonds. The number of anilines is 1. The maximum Gasteiger partial charge on any atom is 0.227 e. The van der Waals surface area contributed by atoms with E-state index >= 15 is 0 Å². The minimum Gasteiger partial charge on any atom is -0.800 e. The number of amides is 1. The van der Waals surface area contributed by atoms with Crippen LogP contribution in [0.2, 0.25) is 0 Å². The standard InChI is InChI=1S/C21H27N5OS2.Au/c1-24(2)19-9-7-18(8-10-19)23-22-17-5-3-16(4-6-17)15-20(27)25-11-13-26(14-12-25)21(28)29;/h3-10,21,28-29H,11-15H2,1-2H3;/p-2. The number of carbonyl (C=O) groups excluding carboxylic acids is 1. The summed E-state index contributed by atoms with van der Waals surface area (Å²) in [4.78, 5) is 18.5. The van der Waals surface area contributed by atoms with Gasteiger partial charge < -0.3 is 40.0 Å². The third-order valence-corrected chi connectivity index (χ3v) is 5.50. The van der Waals surface area contributed by atoms with E-state index in [1.807, 2.05) is 77.3 Å². The minimum absolute atomic E-state index is 0. The number of hydrogen-bond acceptors (Lipinski definition) is 7. The second-order valence-corrected chi connectivity index (χ2v) is 8.37. The number of hydrogen-bond donors (Lipinski definition) is 0. The summed E-state index contributed by atoms with van der Waals surface area (Å²) in [5, 5.41) is 8.55. The minimum atomic E-state index is -0.292. The van der Waals surface area contributed by atoms with Crippen molar-refractivity contribution in [1.29, 1.82) is 0 Å². The number of benzene rings is 2. The van der Waals surface area contributed by atoms with Gasteiger partial charge in [0.1, 0.15) is 0 Å². The number of carbonyl (C=O) groups is 1. The van der Waals surface area contributed by atoms with Crippen molar-refractivity contribution in [3.8, 4) is 0 Å². The van der Waals surface area contributed by atoms with Gasteiger partial charge in [0.2, 0.25) is 5.91 Å². The SMILES string of the molecule is CN(C)c1ccc(N=Nc2ccc(CC(=O)N3CCN(C([S-])[S-])CC3)cc2)cc1.[Au]. The first-order valence-corrected chi connectivity index (χ1v) is 10.5. The summed E-state index contributed by atoms with van der Waals surface area (Å²) in [6.45, 7) is 2.86. The Bertz CT molecular complexity index is 835. The quantitative estimate of drug-likeness (QED) is 0.281. The van der Waals surface area contributed by atoms with Gasteiger partial charge in [-0.2, -0.15) is 10.2 Å². The Hall–Kier alpha value is -1.29. The van der Waals surface area contributed by atoms with E-state index in [0.29, 0.717) is 19.5 Å². The van der Waals surface area contributed by atoms with Gasteiger partial charge in [0, 0.05) is 68.3 Å². The van der Waals surface area contributed by atoms with Crippen molar-refractivity contribution in [2.75, 3.05) is 45.2 Å². The van der Waals surface area contributed by atoms with E-state index in [1.165, 1.54) is 0 Å². The zero-order chi connectivity index (χ0) is 20.8. The predicted molar refractivity (Wildman–Crippen MR) is 122 cm³/mol. The van der Waals surface area contributed by atoms with Crippen molar-refractivity contribution in [2.24, 2.45) is 10.2 Å². The fourth-order valence-electron chi connectivity index (χ4n) is 3.08. The van der Waals surface area contributed by atoms with Crippen LogP contribution in [0.25, 0.3) is 0 Å². The summed E-state index contributed by atoms with van der Waals surface area (Å²) in [6, 6.07) is 15.5. The Morgan fingerprint density at radius 2 is 1.43 bits per heavy atom. The van der Waals surface area contributed by atoms with Crippen LogP contribution >= 0.6 is 0 Å². The Labute approximate surface area is 205 Å². The van der Waals surface area contributed by atoms with E-state index < -0.39 is 0 Å². The molecular weight excluding hydrogens is 599 g/mol. The average molecular weight is 625 g/mol. The number of nitrogens with zero attached hydrogens (tertiary/aromatic N) is 5. The normalized spacial score (nSPS) is 14.8. The first kappa shape index (κ1) is 25.0. The van der Waals surface area contributed by atoms with Crippen LogP contribution < -0.4 is 4.90 Å². The van der Waals surface area contributed by atoms with Crippen molar-refractivity contribution >= 4 is 48.2 Å². The van der Waals surface area contributed by atoms with Crippen molar-refractivity contribution in [3.63, 3.8) is 0 Å². The predicted octanol–water partition coefficient (Wildman–Crippen LogP) is 3.23. The second-order valence-electron chi connectivity index (χ2n) is 7.18. The van der Waals surface area contributed by atoms with Gasteiger partial charge in [-0.05, 0) is 42.0 Å². The molecule has 1 aliphatic heterocycles. The molecule has 0 unspecified atom stereocenters. The molecule has 0 saturated carbocycles. The van der Waals surface area contributed by atoms with E-state index in [4.69, 9.17) is 25.3 Å². The van der Waals surface area contributed by atoms with Crippen LogP contribution in [0.15, 0.2) is 58.8 Å². The van der Waals surface area contributed by atoms with Crippen LogP contribution in [0, 0.1) is 0 Å². The van der Waals surface area contributed by atoms with Crippen molar-refractivity contribution in [3.05, 3.63) is 54.1 Å². The van der Waals surface area contributed by atoms with Gasteiger partial charge in [0.25, 0.3) is 0 Å². The van der Waals surface area contributed by atoms with E-state index in [1.54, 1.807) is 0 Å². The molecule has 1 aliphatic rings. The van der Waals surface area contributed by atoms with Gasteiger partial charge in [-0.25, -0.2) is 4.71 Å². The molecule has 1 radical (unpaired) electrons. The largest absolute Gasteiger partial charge is 0.800 e. The van der Waals surface area contributed by atoms with Crippen molar-refractivity contribution in [1.82, 2.24) is 9.80 Å². The summed E-state index contributed by atoms with van der Waals surface area (Å²) in [5.74, 6) is 0.130. The molecule has 1 saturated heterocycles. The molecule has 6 nitrogen and oxygen atoms in total. The maximum absolute atomic E-state index is 12.5. The number of rotatable bonds is 6. The van der Waals surface area contributed by atoms with Crippen LogP contribution in [-0.2, 0) is 58.9 Å². The third-order valence-electron chi connectivity index (χ3n) is 4.90. The monoisotopic (exact) mass is 624 g/mol. The molecule has 2 aromatic carbocycles. The van der Waals surface area contributed by atoms with Gasteiger partial charge >= 0.3 is 0 Å². The van der Waals surface area contributed by atoms with E-state index in [2.05, 4.69) is 10.2 Å². The average Bonchev–Trinajstić information content (AvgIpc) is 2.73. The molecule has 0 bridgehead atoms. The molecule has 0 atom stereocenters. The van der Waals surface area contributed by atoms with Crippen LogP contribution in [0.1, 0.15) is 5.56 Å². The first-order chi connectivity index (χ1) is 13.9. The second kappa shape index (κ2) is 11.9. The fraction of sp³-hybridized carbons (Fsp3) is 0.381. The van der Waals surface area contributed by atoms with Gasteiger partial charge in [-0.15, -0.1) is 0 Å². The third kappa shape index (κ3) is 7.14. The molecule has 30 heavy (non-hydrogen) atoms. The first-order valence-electron chi connectivity index (χ1n) is 9.54. The fourth-order valence-corrected chi connectivity index (χ4v) is 3.50. The summed E-state index contributed by atoms with van der Waals surface area (Å²) < 4.78 is -0.292. The van der Waals surface area contributed by atoms with E-state index in [-0.39, 0.29) is 33.0 Å². The molecular formula is C21H25AuN5OS2-2. The van der Waals surface area contributed by atoms with Crippen LogP contribution in [-0.4, -0.2) is 60.7 Å². The van der Waals surface area contributed by atoms with Crippen LogP contribution in [0.5, 0.6) is 0 Å². The Kier molecular flexibility index (Phi) is 9.93. The maximum atomic E-state index is 12.5. The van der Waals surface area contributed by atoms with Crippen molar-refractivity contribution in [2.45, 2.75) is 11.1 Å². The van der Waals surface area contributed by atoms with E-state index in [0.717, 1.165) is 35.7 Å². The molecule has 9 heteroatoms. The molecule has 1 fully saturated rings. The van der Waals surface area contributed by atoms with Crippen LogP contribution in [0.3, 0.4) is 0 Å². The van der Waals surface area contributed by atoms with Gasteiger partial charge in [-0.1, -0.05) is 12.1 Å². The molecule has 3 rings (SSSR count). The van der Waals surface area contributed by atoms with Gasteiger partial charge in [-0.3, -0.25) is 4.79 Å². The van der Waals surface area contributed by atoms with Gasteiger partial charge in [0.15, 0.2) is 0 Å². The number of azo groups is 1. The molecule has 2 aromatic rings. The number of piperazine rings is 1. The summed E-state index contributed by atoms with van der Waals surface area (Å²) in [7, 11) is 4.00. The molecule has 0 spiro atoms. The Balaban J connectivity index is 0.00000320. The molecule has 1 heterocycles. The summed E-state index contributed by atoms with van der Waals surface area (Å²) in [6.07, 6.45) is 0.384. The molecule has 0 N–H and O–H groups in total. The van der Waals surface area contributed by atoms with E-state index in [9.17, 15) is 4.79 Å². The summed E-state index contributed by atoms with van der Waals surface area (Å²) in [5.41, 5.74) is 3.64. The zero-order valence-electron chi connectivity index (χ0n) is 17.0. The molecule has 165 valence electrons.